The van der Waals surface area contributed by atoms with Gasteiger partial charge in [-0.2, -0.15) is 4.98 Å². The van der Waals surface area contributed by atoms with Crippen molar-refractivity contribution >= 4 is 29.2 Å². The maximum absolute atomic E-state index is 13.2. The molecule has 0 saturated carbocycles. The van der Waals surface area contributed by atoms with Crippen LogP contribution in [0.25, 0.3) is 0 Å². The predicted octanol–water partition coefficient (Wildman–Crippen LogP) is 2.82. The van der Waals surface area contributed by atoms with Crippen LogP contribution in [0.2, 0.25) is 5.02 Å². The number of ketones is 1. The molecule has 1 saturated heterocycles. The zero-order valence-corrected chi connectivity index (χ0v) is 16.6. The lowest BCUT2D eigenvalue weighted by Gasteiger charge is -2.34. The van der Waals surface area contributed by atoms with Gasteiger partial charge in [0.15, 0.2) is 5.78 Å². The molecule has 5 rings (SSSR count). The molecule has 0 radical (unpaired) electrons. The molecule has 3 heterocycles. The lowest BCUT2D eigenvalue weighted by Crippen LogP contribution is -2.40. The van der Waals surface area contributed by atoms with E-state index in [-0.39, 0.29) is 11.3 Å². The van der Waals surface area contributed by atoms with Crippen molar-refractivity contribution in [1.29, 1.82) is 0 Å². The monoisotopic (exact) mass is 412 g/mol. The Morgan fingerprint density at radius 2 is 1.86 bits per heavy atom. The molecule has 1 fully saturated rings. The Labute approximate surface area is 172 Å². The Bertz CT molecular complexity index is 1050. The van der Waals surface area contributed by atoms with Crippen molar-refractivity contribution in [2.24, 2.45) is 0 Å². The number of fused-ring (bicyclic) bond motifs is 1. The number of benzene rings is 1. The van der Waals surface area contributed by atoms with Crippen molar-refractivity contribution in [2.45, 2.75) is 25.2 Å². The number of anilines is 2. The Morgan fingerprint density at radius 3 is 2.62 bits per heavy atom. The van der Waals surface area contributed by atoms with Gasteiger partial charge in [0.2, 0.25) is 5.95 Å². The molecule has 2 aromatic rings. The smallest absolute Gasteiger partial charge is 0.258 e. The lowest BCUT2D eigenvalue weighted by molar-refractivity contribution is -0.116. The molecular weight excluding hydrogens is 392 g/mol. The van der Waals surface area contributed by atoms with Gasteiger partial charge in [-0.1, -0.05) is 23.7 Å². The number of aromatic nitrogens is 2. The van der Waals surface area contributed by atoms with Gasteiger partial charge in [0, 0.05) is 41.7 Å². The number of hydrogen-bond donors (Lipinski definition) is 2. The van der Waals surface area contributed by atoms with Gasteiger partial charge in [-0.15, -0.1) is 0 Å². The molecular formula is C21H21ClN4O3. The molecule has 2 N–H and O–H groups in total. The molecule has 0 amide bonds. The molecule has 150 valence electrons. The highest BCUT2D eigenvalue weighted by atomic mass is 35.5. The first-order valence-corrected chi connectivity index (χ1v) is 10.3. The van der Waals surface area contributed by atoms with E-state index in [1.54, 1.807) is 12.1 Å². The second-order valence-electron chi connectivity index (χ2n) is 7.53. The number of halogens is 1. The third-order valence-electron chi connectivity index (χ3n) is 5.76. The summed E-state index contributed by atoms with van der Waals surface area (Å²) in [5.41, 5.74) is 2.68. The third kappa shape index (κ3) is 3.24. The van der Waals surface area contributed by atoms with E-state index in [0.717, 1.165) is 24.1 Å². The number of allylic oxidation sites excluding steroid dienone is 2. The van der Waals surface area contributed by atoms with Crippen LogP contribution in [0, 0.1) is 0 Å². The topological polar surface area (TPSA) is 87.3 Å². The first kappa shape index (κ1) is 18.4. The summed E-state index contributed by atoms with van der Waals surface area (Å²) in [7, 11) is 0. The van der Waals surface area contributed by atoms with Crippen LogP contribution in [0.1, 0.15) is 36.3 Å². The van der Waals surface area contributed by atoms with Crippen LogP contribution in [-0.2, 0) is 9.53 Å². The summed E-state index contributed by atoms with van der Waals surface area (Å²) in [6, 6.07) is 7.33. The van der Waals surface area contributed by atoms with E-state index in [4.69, 9.17) is 21.3 Å². The minimum atomic E-state index is -0.443. The van der Waals surface area contributed by atoms with Gasteiger partial charge in [-0.3, -0.25) is 14.6 Å². The Hall–Kier alpha value is -2.64. The fourth-order valence-corrected chi connectivity index (χ4v) is 4.49. The highest BCUT2D eigenvalue weighted by Crippen LogP contribution is 2.43. The summed E-state index contributed by atoms with van der Waals surface area (Å²) in [5.74, 6) is 0.705. The minimum Gasteiger partial charge on any atom is -0.378 e. The highest BCUT2D eigenvalue weighted by molar-refractivity contribution is 6.30. The molecule has 1 aromatic heterocycles. The Kier molecular flexibility index (Phi) is 4.64. The number of hydrogen-bond acceptors (Lipinski definition) is 6. The number of carbonyl (C=O) groups excluding carboxylic acids is 1. The van der Waals surface area contributed by atoms with Crippen LogP contribution in [0.5, 0.6) is 0 Å². The normalized spacial score (nSPS) is 21.5. The van der Waals surface area contributed by atoms with Crippen LogP contribution in [0.4, 0.5) is 11.8 Å². The number of morpholine rings is 1. The molecule has 1 unspecified atom stereocenters. The van der Waals surface area contributed by atoms with Gasteiger partial charge in [0.05, 0.1) is 18.8 Å². The van der Waals surface area contributed by atoms with Gasteiger partial charge in [0.1, 0.15) is 5.82 Å². The van der Waals surface area contributed by atoms with Crippen molar-refractivity contribution in [3.05, 3.63) is 62.0 Å². The molecule has 2 aliphatic heterocycles. The second-order valence-corrected chi connectivity index (χ2v) is 7.97. The first-order valence-electron chi connectivity index (χ1n) is 9.87. The predicted molar refractivity (Wildman–Crippen MR) is 111 cm³/mol. The van der Waals surface area contributed by atoms with Crippen LogP contribution < -0.4 is 15.8 Å². The van der Waals surface area contributed by atoms with Crippen molar-refractivity contribution in [1.82, 2.24) is 9.97 Å². The standard InChI is InChI=1S/C21H21ClN4O3/c22-13-6-4-12(5-7-13)16-17-14(2-1-3-15(17)27)23-19-18(16)20(28)25-21(24-19)26-8-10-29-11-9-26/h4-7,16H,1-3,8-11H2,(H2,23,24,25,28). The SMILES string of the molecule is O=C1CCCC2=C1C(c1ccc(Cl)cc1)c1c(nc(N3CCOCC3)[nH]c1=O)N2. The zero-order valence-electron chi connectivity index (χ0n) is 15.8. The molecule has 8 heteroatoms. The summed E-state index contributed by atoms with van der Waals surface area (Å²) in [4.78, 5) is 35.7. The van der Waals surface area contributed by atoms with Gasteiger partial charge < -0.3 is 15.0 Å². The molecule has 1 aromatic carbocycles. The van der Waals surface area contributed by atoms with Crippen LogP contribution in [0.3, 0.4) is 0 Å². The summed E-state index contributed by atoms with van der Waals surface area (Å²) in [6.45, 7) is 2.56. The molecule has 1 aliphatic carbocycles. The number of nitrogens with one attached hydrogen (secondary N) is 2. The Balaban J connectivity index is 1.67. The van der Waals surface area contributed by atoms with Gasteiger partial charge in [-0.05, 0) is 30.5 Å². The number of aromatic amines is 1. The molecule has 3 aliphatic rings. The number of Topliss-reactive ketones (excluding diaryl/α,β-unsaturated/α-hetero) is 1. The maximum Gasteiger partial charge on any atom is 0.258 e. The largest absolute Gasteiger partial charge is 0.378 e. The first-order chi connectivity index (χ1) is 14.1. The number of rotatable bonds is 2. The van der Waals surface area contributed by atoms with E-state index >= 15 is 0 Å². The average Bonchev–Trinajstić information content (AvgIpc) is 2.74. The average molecular weight is 413 g/mol. The molecule has 0 spiro atoms. The third-order valence-corrected chi connectivity index (χ3v) is 6.01. The Morgan fingerprint density at radius 1 is 1.10 bits per heavy atom. The summed E-state index contributed by atoms with van der Waals surface area (Å²) in [6.07, 6.45) is 2.07. The number of H-pyrrole nitrogens is 1. The van der Waals surface area contributed by atoms with Gasteiger partial charge >= 0.3 is 0 Å². The zero-order chi connectivity index (χ0) is 20.0. The fourth-order valence-electron chi connectivity index (χ4n) is 4.36. The maximum atomic E-state index is 13.2. The fraction of sp³-hybridized carbons (Fsp3) is 0.381. The van der Waals surface area contributed by atoms with Crippen molar-refractivity contribution < 1.29 is 9.53 Å². The molecule has 29 heavy (non-hydrogen) atoms. The van der Waals surface area contributed by atoms with E-state index in [0.29, 0.717) is 60.6 Å². The van der Waals surface area contributed by atoms with Crippen LogP contribution in [-0.4, -0.2) is 42.1 Å². The van der Waals surface area contributed by atoms with E-state index in [2.05, 4.69) is 10.3 Å². The van der Waals surface area contributed by atoms with Crippen molar-refractivity contribution in [3.63, 3.8) is 0 Å². The van der Waals surface area contributed by atoms with Crippen LogP contribution in [0.15, 0.2) is 40.3 Å². The highest BCUT2D eigenvalue weighted by Gasteiger charge is 2.38. The summed E-state index contributed by atoms with van der Waals surface area (Å²) < 4.78 is 5.40. The van der Waals surface area contributed by atoms with E-state index in [9.17, 15) is 9.59 Å². The van der Waals surface area contributed by atoms with Crippen molar-refractivity contribution in [2.75, 3.05) is 36.5 Å². The second kappa shape index (κ2) is 7.31. The molecule has 1 atom stereocenters. The molecule has 7 nitrogen and oxygen atoms in total. The molecule has 0 bridgehead atoms. The summed E-state index contributed by atoms with van der Waals surface area (Å²) in [5, 5.41) is 3.92. The van der Waals surface area contributed by atoms with E-state index in [1.807, 2.05) is 17.0 Å². The van der Waals surface area contributed by atoms with E-state index < -0.39 is 5.92 Å². The van der Waals surface area contributed by atoms with Crippen LogP contribution >= 0.6 is 11.6 Å². The van der Waals surface area contributed by atoms with E-state index in [1.165, 1.54) is 0 Å². The van der Waals surface area contributed by atoms with Gasteiger partial charge in [-0.25, -0.2) is 0 Å². The lowest BCUT2D eigenvalue weighted by atomic mass is 9.76. The summed E-state index contributed by atoms with van der Waals surface area (Å²) >= 11 is 6.07. The van der Waals surface area contributed by atoms with Crippen molar-refractivity contribution in [3.8, 4) is 0 Å². The number of nitrogens with zero attached hydrogens (tertiary/aromatic N) is 2. The van der Waals surface area contributed by atoms with Gasteiger partial charge in [0.25, 0.3) is 5.56 Å². The minimum absolute atomic E-state index is 0.0843. The number of carbonyl (C=O) groups is 1. The number of ether oxygens (including phenoxy) is 1. The quantitative estimate of drug-likeness (QED) is 0.788.